The van der Waals surface area contributed by atoms with Crippen molar-refractivity contribution in [3.8, 4) is 0 Å². The van der Waals surface area contributed by atoms with Crippen LogP contribution in [0.2, 0.25) is 0 Å². The first-order valence-corrected chi connectivity index (χ1v) is 7.53. The van der Waals surface area contributed by atoms with Crippen molar-refractivity contribution < 1.29 is 14.4 Å². The Kier molecular flexibility index (Phi) is 7.19. The fourth-order valence-electron chi connectivity index (χ4n) is 2.50. The molecule has 0 spiro atoms. The molecule has 3 amide bonds. The molecule has 0 saturated carbocycles. The Morgan fingerprint density at radius 1 is 1.22 bits per heavy atom. The van der Waals surface area contributed by atoms with E-state index in [1.165, 1.54) is 0 Å². The lowest BCUT2D eigenvalue weighted by atomic mass is 10.1. The molecule has 0 aromatic heterocycles. The fraction of sp³-hybridized carbons (Fsp3) is 0.438. The number of fused-ring (bicyclic) bond motifs is 1. The van der Waals surface area contributed by atoms with Crippen LogP contribution in [-0.2, 0) is 4.79 Å². The van der Waals surface area contributed by atoms with E-state index in [2.05, 4.69) is 12.2 Å². The second-order valence-corrected chi connectivity index (χ2v) is 5.38. The molecule has 1 atom stereocenters. The number of amides is 3. The van der Waals surface area contributed by atoms with Crippen molar-refractivity contribution in [1.82, 2.24) is 10.2 Å². The molecule has 2 rings (SSSR count). The number of hydrogen-bond donors (Lipinski definition) is 2. The number of hydrogen-bond acceptors (Lipinski definition) is 4. The highest BCUT2D eigenvalue weighted by molar-refractivity contribution is 6.22. The summed E-state index contributed by atoms with van der Waals surface area (Å²) in [5.74, 6) is -1.21. The van der Waals surface area contributed by atoms with Gasteiger partial charge in [0, 0.05) is 12.6 Å². The van der Waals surface area contributed by atoms with E-state index in [-0.39, 0.29) is 30.9 Å². The Labute approximate surface area is 141 Å². The van der Waals surface area contributed by atoms with Gasteiger partial charge >= 0.3 is 0 Å². The minimum absolute atomic E-state index is 0. The van der Waals surface area contributed by atoms with E-state index in [1.54, 1.807) is 24.3 Å². The third kappa shape index (κ3) is 4.30. The molecule has 1 aliphatic rings. The van der Waals surface area contributed by atoms with Gasteiger partial charge in [-0.25, -0.2) is 0 Å². The maximum atomic E-state index is 12.2. The molecule has 1 aliphatic heterocycles. The van der Waals surface area contributed by atoms with Gasteiger partial charge in [-0.05, 0) is 18.6 Å². The quantitative estimate of drug-likeness (QED) is 0.733. The maximum Gasteiger partial charge on any atom is 0.262 e. The average molecular weight is 340 g/mol. The molecule has 1 aromatic carbocycles. The van der Waals surface area contributed by atoms with Crippen molar-refractivity contribution in [3.05, 3.63) is 35.4 Å². The minimum Gasteiger partial charge on any atom is -0.351 e. The van der Waals surface area contributed by atoms with Crippen molar-refractivity contribution in [1.29, 1.82) is 0 Å². The smallest absolute Gasteiger partial charge is 0.262 e. The highest BCUT2D eigenvalue weighted by Gasteiger charge is 2.36. The number of nitrogens with one attached hydrogen (secondary N) is 1. The van der Waals surface area contributed by atoms with Gasteiger partial charge in [-0.15, -0.1) is 12.4 Å². The van der Waals surface area contributed by atoms with Crippen LogP contribution < -0.4 is 11.1 Å². The normalized spacial score (nSPS) is 14.3. The Hall–Kier alpha value is -1.92. The molecule has 3 N–H and O–H groups in total. The lowest BCUT2D eigenvalue weighted by molar-refractivity contribution is -0.122. The highest BCUT2D eigenvalue weighted by Crippen LogP contribution is 2.21. The molecule has 0 fully saturated rings. The number of carbonyl (C=O) groups excluding carboxylic acids is 3. The van der Waals surface area contributed by atoms with Gasteiger partial charge in [-0.1, -0.05) is 31.9 Å². The molecule has 1 aromatic rings. The zero-order valence-electron chi connectivity index (χ0n) is 13.1. The zero-order chi connectivity index (χ0) is 16.1. The number of imide groups is 1. The summed E-state index contributed by atoms with van der Waals surface area (Å²) < 4.78 is 0. The second kappa shape index (κ2) is 8.64. The van der Waals surface area contributed by atoms with Gasteiger partial charge < -0.3 is 11.1 Å². The van der Waals surface area contributed by atoms with Gasteiger partial charge in [0.25, 0.3) is 11.8 Å². The SMILES string of the molecule is CCCCC(CN)NC(=O)CN1C(=O)c2ccccc2C1=O.Cl. The van der Waals surface area contributed by atoms with E-state index in [4.69, 9.17) is 5.73 Å². The number of benzene rings is 1. The number of nitrogens with two attached hydrogens (primary N) is 1. The van der Waals surface area contributed by atoms with E-state index >= 15 is 0 Å². The molecular weight excluding hydrogens is 318 g/mol. The Balaban J connectivity index is 0.00000264. The lowest BCUT2D eigenvalue weighted by Gasteiger charge is -2.19. The van der Waals surface area contributed by atoms with Gasteiger partial charge in [0.15, 0.2) is 0 Å². The molecule has 7 heteroatoms. The minimum atomic E-state index is -0.423. The van der Waals surface area contributed by atoms with E-state index in [0.29, 0.717) is 17.7 Å². The van der Waals surface area contributed by atoms with Crippen LogP contribution in [0.25, 0.3) is 0 Å². The van der Waals surface area contributed by atoms with Gasteiger partial charge in [0.2, 0.25) is 5.91 Å². The summed E-state index contributed by atoms with van der Waals surface area (Å²) in [5, 5.41) is 2.79. The summed E-state index contributed by atoms with van der Waals surface area (Å²) in [5.41, 5.74) is 6.33. The average Bonchev–Trinajstić information content (AvgIpc) is 2.77. The molecule has 0 saturated heterocycles. The molecule has 1 unspecified atom stereocenters. The van der Waals surface area contributed by atoms with Crippen molar-refractivity contribution in [3.63, 3.8) is 0 Å². The third-order valence-corrected chi connectivity index (χ3v) is 3.74. The topological polar surface area (TPSA) is 92.5 Å². The monoisotopic (exact) mass is 339 g/mol. The number of halogens is 1. The predicted molar refractivity (Wildman–Crippen MR) is 89.6 cm³/mol. The number of carbonyl (C=O) groups is 3. The largest absolute Gasteiger partial charge is 0.351 e. The van der Waals surface area contributed by atoms with E-state index in [9.17, 15) is 14.4 Å². The molecule has 23 heavy (non-hydrogen) atoms. The van der Waals surface area contributed by atoms with Crippen molar-refractivity contribution in [2.75, 3.05) is 13.1 Å². The van der Waals surface area contributed by atoms with E-state index < -0.39 is 11.8 Å². The number of nitrogens with zero attached hydrogens (tertiary/aromatic N) is 1. The standard InChI is InChI=1S/C16H21N3O3.ClH/c1-2-3-6-11(9-17)18-14(20)10-19-15(21)12-7-4-5-8-13(12)16(19)22;/h4-5,7-8,11H,2-3,6,9-10,17H2,1H3,(H,18,20);1H. The molecule has 0 bridgehead atoms. The van der Waals surface area contributed by atoms with Crippen LogP contribution in [0.15, 0.2) is 24.3 Å². The maximum absolute atomic E-state index is 12.2. The summed E-state index contributed by atoms with van der Waals surface area (Å²) in [6.45, 7) is 2.14. The van der Waals surface area contributed by atoms with Crippen LogP contribution in [0.1, 0.15) is 46.9 Å². The Morgan fingerprint density at radius 3 is 2.26 bits per heavy atom. The molecule has 0 aliphatic carbocycles. The Bertz CT molecular complexity index is 557. The van der Waals surface area contributed by atoms with E-state index in [0.717, 1.165) is 24.2 Å². The molecule has 6 nitrogen and oxygen atoms in total. The first kappa shape index (κ1) is 19.1. The highest BCUT2D eigenvalue weighted by atomic mass is 35.5. The summed E-state index contributed by atoms with van der Waals surface area (Å²) >= 11 is 0. The van der Waals surface area contributed by atoms with Gasteiger partial charge in [0.1, 0.15) is 6.54 Å². The third-order valence-electron chi connectivity index (χ3n) is 3.74. The second-order valence-electron chi connectivity index (χ2n) is 5.38. The molecule has 126 valence electrons. The van der Waals surface area contributed by atoms with E-state index in [1.807, 2.05) is 0 Å². The fourth-order valence-corrected chi connectivity index (χ4v) is 2.50. The van der Waals surface area contributed by atoms with Crippen molar-refractivity contribution in [2.24, 2.45) is 5.73 Å². The first-order chi connectivity index (χ1) is 10.6. The molecule has 1 heterocycles. The van der Waals surface area contributed by atoms with Gasteiger partial charge in [-0.2, -0.15) is 0 Å². The van der Waals surface area contributed by atoms with Crippen LogP contribution in [0.5, 0.6) is 0 Å². The van der Waals surface area contributed by atoms with Gasteiger partial charge in [0.05, 0.1) is 11.1 Å². The molecule has 0 radical (unpaired) electrons. The van der Waals surface area contributed by atoms with Crippen LogP contribution in [0, 0.1) is 0 Å². The Morgan fingerprint density at radius 2 is 1.78 bits per heavy atom. The predicted octanol–water partition coefficient (Wildman–Crippen LogP) is 1.34. The van der Waals surface area contributed by atoms with Crippen LogP contribution in [0.3, 0.4) is 0 Å². The lowest BCUT2D eigenvalue weighted by Crippen LogP contribution is -2.46. The van der Waals surface area contributed by atoms with Crippen LogP contribution >= 0.6 is 12.4 Å². The van der Waals surface area contributed by atoms with Gasteiger partial charge in [-0.3, -0.25) is 19.3 Å². The first-order valence-electron chi connectivity index (χ1n) is 7.53. The van der Waals surface area contributed by atoms with Crippen LogP contribution in [0.4, 0.5) is 0 Å². The number of unbranched alkanes of at least 4 members (excludes halogenated alkanes) is 1. The number of rotatable bonds is 7. The summed E-state index contributed by atoms with van der Waals surface area (Å²) in [7, 11) is 0. The summed E-state index contributed by atoms with van der Waals surface area (Å²) in [6.07, 6.45) is 2.78. The van der Waals surface area contributed by atoms with Crippen molar-refractivity contribution >= 4 is 30.1 Å². The summed E-state index contributed by atoms with van der Waals surface area (Å²) in [4.78, 5) is 37.4. The van der Waals surface area contributed by atoms with Crippen LogP contribution in [-0.4, -0.2) is 41.8 Å². The zero-order valence-corrected chi connectivity index (χ0v) is 13.9. The summed E-state index contributed by atoms with van der Waals surface area (Å²) in [6, 6.07) is 6.46. The molecular formula is C16H22ClN3O3. The van der Waals surface area contributed by atoms with Crippen molar-refractivity contribution in [2.45, 2.75) is 32.2 Å².